The summed E-state index contributed by atoms with van der Waals surface area (Å²) in [5.74, 6) is 0.222. The molecule has 98 valence electrons. The summed E-state index contributed by atoms with van der Waals surface area (Å²) in [5.41, 5.74) is 2.46. The van der Waals surface area contributed by atoms with Gasteiger partial charge < -0.3 is 4.90 Å². The average molecular weight is 246 g/mol. The van der Waals surface area contributed by atoms with E-state index in [0.717, 1.165) is 13.0 Å². The standard InChI is InChI=1S/C15H22N2O/c1-3-4-7-10-17-14(18)11-16-15(17)13-9-6-5-8-12(13)2/h5-6,8-9,15-16H,3-4,7,10-11H2,1-2H3. The molecule has 0 aromatic heterocycles. The van der Waals surface area contributed by atoms with E-state index in [0.29, 0.717) is 6.54 Å². The molecule has 3 heteroatoms. The van der Waals surface area contributed by atoms with E-state index in [-0.39, 0.29) is 12.1 Å². The van der Waals surface area contributed by atoms with Gasteiger partial charge in [0.05, 0.1) is 6.54 Å². The molecule has 2 rings (SSSR count). The molecule has 3 nitrogen and oxygen atoms in total. The average Bonchev–Trinajstić information content (AvgIpc) is 2.72. The Morgan fingerprint density at radius 1 is 1.33 bits per heavy atom. The molecular weight excluding hydrogens is 224 g/mol. The fraction of sp³-hybridized carbons (Fsp3) is 0.533. The molecule has 1 unspecified atom stereocenters. The molecule has 18 heavy (non-hydrogen) atoms. The lowest BCUT2D eigenvalue weighted by molar-refractivity contribution is -0.128. The van der Waals surface area contributed by atoms with E-state index in [9.17, 15) is 4.79 Å². The molecule has 0 spiro atoms. The van der Waals surface area contributed by atoms with Crippen molar-refractivity contribution in [2.75, 3.05) is 13.1 Å². The number of benzene rings is 1. The van der Waals surface area contributed by atoms with Gasteiger partial charge in [-0.05, 0) is 24.5 Å². The zero-order chi connectivity index (χ0) is 13.0. The van der Waals surface area contributed by atoms with Gasteiger partial charge in [-0.2, -0.15) is 0 Å². The van der Waals surface area contributed by atoms with Crippen LogP contribution in [-0.4, -0.2) is 23.9 Å². The maximum atomic E-state index is 11.9. The van der Waals surface area contributed by atoms with Gasteiger partial charge in [-0.3, -0.25) is 10.1 Å². The number of nitrogens with one attached hydrogen (secondary N) is 1. The Bertz CT molecular complexity index is 417. The molecule has 1 N–H and O–H groups in total. The highest BCUT2D eigenvalue weighted by molar-refractivity contribution is 5.81. The molecule has 0 saturated carbocycles. The Kier molecular flexibility index (Phi) is 4.37. The van der Waals surface area contributed by atoms with Crippen molar-refractivity contribution in [3.05, 3.63) is 35.4 Å². The summed E-state index contributed by atoms with van der Waals surface area (Å²) in [6, 6.07) is 8.29. The van der Waals surface area contributed by atoms with E-state index in [2.05, 4.69) is 31.3 Å². The van der Waals surface area contributed by atoms with Crippen LogP contribution in [-0.2, 0) is 4.79 Å². The van der Waals surface area contributed by atoms with Crippen molar-refractivity contribution in [3.63, 3.8) is 0 Å². The molecule has 0 aliphatic carbocycles. The summed E-state index contributed by atoms with van der Waals surface area (Å²) >= 11 is 0. The largest absolute Gasteiger partial charge is 0.322 e. The molecule has 1 atom stereocenters. The van der Waals surface area contributed by atoms with Gasteiger partial charge in [-0.1, -0.05) is 44.0 Å². The maximum absolute atomic E-state index is 11.9. The van der Waals surface area contributed by atoms with E-state index in [1.807, 2.05) is 17.0 Å². The lowest BCUT2D eigenvalue weighted by Crippen LogP contribution is -2.31. The van der Waals surface area contributed by atoms with Crippen molar-refractivity contribution in [2.24, 2.45) is 0 Å². The highest BCUT2D eigenvalue weighted by Gasteiger charge is 2.31. The predicted molar refractivity (Wildman–Crippen MR) is 73.2 cm³/mol. The van der Waals surface area contributed by atoms with Gasteiger partial charge in [0.15, 0.2) is 0 Å². The number of unbranched alkanes of at least 4 members (excludes halogenated alkanes) is 2. The second-order valence-electron chi connectivity index (χ2n) is 4.93. The molecule has 1 aliphatic rings. The van der Waals surface area contributed by atoms with Crippen molar-refractivity contribution in [2.45, 2.75) is 39.3 Å². The van der Waals surface area contributed by atoms with Gasteiger partial charge >= 0.3 is 0 Å². The molecule has 1 saturated heterocycles. The van der Waals surface area contributed by atoms with Gasteiger partial charge in [-0.15, -0.1) is 0 Å². The zero-order valence-corrected chi connectivity index (χ0v) is 11.3. The van der Waals surface area contributed by atoms with E-state index in [1.165, 1.54) is 24.0 Å². The van der Waals surface area contributed by atoms with Crippen LogP contribution < -0.4 is 5.32 Å². The Morgan fingerprint density at radius 2 is 2.11 bits per heavy atom. The van der Waals surface area contributed by atoms with Crippen LogP contribution in [0.3, 0.4) is 0 Å². The zero-order valence-electron chi connectivity index (χ0n) is 11.3. The van der Waals surface area contributed by atoms with Crippen LogP contribution in [0.1, 0.15) is 43.5 Å². The van der Waals surface area contributed by atoms with Crippen LogP contribution in [0.15, 0.2) is 24.3 Å². The number of carbonyl (C=O) groups is 1. The molecular formula is C15H22N2O. The van der Waals surface area contributed by atoms with Crippen LogP contribution in [0.25, 0.3) is 0 Å². The minimum Gasteiger partial charge on any atom is -0.322 e. The van der Waals surface area contributed by atoms with E-state index < -0.39 is 0 Å². The summed E-state index contributed by atoms with van der Waals surface area (Å²) in [7, 11) is 0. The fourth-order valence-electron chi connectivity index (χ4n) is 2.50. The molecule has 0 bridgehead atoms. The molecule has 1 amide bonds. The lowest BCUT2D eigenvalue weighted by Gasteiger charge is -2.25. The first kappa shape index (κ1) is 13.1. The number of hydrogen-bond acceptors (Lipinski definition) is 2. The first-order valence-corrected chi connectivity index (χ1v) is 6.82. The first-order valence-electron chi connectivity index (χ1n) is 6.82. The maximum Gasteiger partial charge on any atom is 0.238 e. The van der Waals surface area contributed by atoms with E-state index >= 15 is 0 Å². The quantitative estimate of drug-likeness (QED) is 0.810. The SMILES string of the molecule is CCCCCN1C(=O)CNC1c1ccccc1C. The molecule has 1 heterocycles. The lowest BCUT2D eigenvalue weighted by atomic mass is 10.1. The topological polar surface area (TPSA) is 32.3 Å². The highest BCUT2D eigenvalue weighted by Crippen LogP contribution is 2.25. The van der Waals surface area contributed by atoms with Gasteiger partial charge in [0.25, 0.3) is 0 Å². The second kappa shape index (κ2) is 6.01. The van der Waals surface area contributed by atoms with E-state index in [1.54, 1.807) is 0 Å². The van der Waals surface area contributed by atoms with Crippen molar-refractivity contribution >= 4 is 5.91 Å². The molecule has 1 aromatic carbocycles. The summed E-state index contributed by atoms with van der Waals surface area (Å²) < 4.78 is 0. The molecule has 1 aromatic rings. The predicted octanol–water partition coefficient (Wildman–Crippen LogP) is 2.62. The Hall–Kier alpha value is -1.35. The Balaban J connectivity index is 2.11. The minimum atomic E-state index is 0.0653. The highest BCUT2D eigenvalue weighted by atomic mass is 16.2. The number of aryl methyl sites for hydroxylation is 1. The Morgan fingerprint density at radius 3 is 2.83 bits per heavy atom. The Labute approximate surface area is 109 Å². The normalized spacial score (nSPS) is 19.6. The van der Waals surface area contributed by atoms with Crippen LogP contribution in [0.2, 0.25) is 0 Å². The van der Waals surface area contributed by atoms with Crippen molar-refractivity contribution < 1.29 is 4.79 Å². The minimum absolute atomic E-state index is 0.0653. The van der Waals surface area contributed by atoms with Crippen LogP contribution >= 0.6 is 0 Å². The third-order valence-corrected chi connectivity index (χ3v) is 3.56. The third kappa shape index (κ3) is 2.72. The van der Waals surface area contributed by atoms with Crippen LogP contribution in [0, 0.1) is 6.92 Å². The van der Waals surface area contributed by atoms with Crippen molar-refractivity contribution in [1.29, 1.82) is 0 Å². The number of nitrogens with zero attached hydrogens (tertiary/aromatic N) is 1. The van der Waals surface area contributed by atoms with Gasteiger partial charge in [-0.25, -0.2) is 0 Å². The smallest absolute Gasteiger partial charge is 0.238 e. The van der Waals surface area contributed by atoms with Gasteiger partial charge in [0.1, 0.15) is 6.17 Å². The van der Waals surface area contributed by atoms with Crippen LogP contribution in [0.4, 0.5) is 0 Å². The second-order valence-corrected chi connectivity index (χ2v) is 4.93. The third-order valence-electron chi connectivity index (χ3n) is 3.56. The summed E-state index contributed by atoms with van der Waals surface area (Å²) in [6.07, 6.45) is 3.52. The van der Waals surface area contributed by atoms with Crippen molar-refractivity contribution in [3.8, 4) is 0 Å². The van der Waals surface area contributed by atoms with Gasteiger partial charge in [0, 0.05) is 6.54 Å². The van der Waals surface area contributed by atoms with Crippen molar-refractivity contribution in [1.82, 2.24) is 10.2 Å². The number of amides is 1. The van der Waals surface area contributed by atoms with Gasteiger partial charge in [0.2, 0.25) is 5.91 Å². The molecule has 0 radical (unpaired) electrons. The van der Waals surface area contributed by atoms with E-state index in [4.69, 9.17) is 0 Å². The fourth-order valence-corrected chi connectivity index (χ4v) is 2.50. The number of rotatable bonds is 5. The summed E-state index contributed by atoms with van der Waals surface area (Å²) in [6.45, 7) is 5.61. The number of carbonyl (C=O) groups excluding carboxylic acids is 1. The summed E-state index contributed by atoms with van der Waals surface area (Å²) in [5, 5.41) is 3.32. The molecule has 1 aliphatic heterocycles. The molecule has 1 fully saturated rings. The number of hydrogen-bond donors (Lipinski definition) is 1. The first-order chi connectivity index (χ1) is 8.74. The van der Waals surface area contributed by atoms with Crippen LogP contribution in [0.5, 0.6) is 0 Å². The monoisotopic (exact) mass is 246 g/mol. The summed E-state index contributed by atoms with van der Waals surface area (Å²) in [4.78, 5) is 13.9.